The Morgan fingerprint density at radius 1 is 1.13 bits per heavy atom. The molecule has 1 aromatic carbocycles. The summed E-state index contributed by atoms with van der Waals surface area (Å²) < 4.78 is 0. The Kier molecular flexibility index (Phi) is 3.09. The van der Waals surface area contributed by atoms with Crippen molar-refractivity contribution in [2.45, 2.75) is 19.8 Å². The first-order chi connectivity index (χ1) is 6.93. The minimum Gasteiger partial charge on any atom is -0.480 e. The lowest BCUT2D eigenvalue weighted by Crippen LogP contribution is -2.22. The molecule has 0 fully saturated rings. The molecular formula is C11H12O4. The van der Waals surface area contributed by atoms with Gasteiger partial charge in [-0.15, -0.1) is 0 Å². The zero-order valence-corrected chi connectivity index (χ0v) is 8.52. The van der Waals surface area contributed by atoms with Crippen molar-refractivity contribution in [3.8, 4) is 0 Å². The molecule has 0 amide bonds. The average Bonchev–Trinajstić information content (AvgIpc) is 2.10. The summed E-state index contributed by atoms with van der Waals surface area (Å²) in [6.45, 7) is 3.50. The first-order valence-corrected chi connectivity index (χ1v) is 4.46. The molecule has 0 aliphatic rings. The van der Waals surface area contributed by atoms with E-state index in [9.17, 15) is 9.59 Å². The Bertz CT molecular complexity index is 395. The van der Waals surface area contributed by atoms with Crippen LogP contribution in [0.4, 0.5) is 0 Å². The van der Waals surface area contributed by atoms with E-state index in [-0.39, 0.29) is 0 Å². The number of aryl methyl sites for hydroxylation is 2. The van der Waals surface area contributed by atoms with E-state index < -0.39 is 17.9 Å². The molecular weight excluding hydrogens is 196 g/mol. The highest BCUT2D eigenvalue weighted by atomic mass is 16.4. The number of benzene rings is 1. The Hall–Kier alpha value is -1.84. The van der Waals surface area contributed by atoms with Crippen LogP contribution in [0.15, 0.2) is 18.2 Å². The molecule has 0 heterocycles. The van der Waals surface area contributed by atoms with Gasteiger partial charge >= 0.3 is 11.9 Å². The van der Waals surface area contributed by atoms with Crippen LogP contribution in [-0.4, -0.2) is 22.2 Å². The van der Waals surface area contributed by atoms with E-state index in [1.807, 2.05) is 6.07 Å². The van der Waals surface area contributed by atoms with Gasteiger partial charge in [-0.05, 0) is 25.0 Å². The summed E-state index contributed by atoms with van der Waals surface area (Å²) in [6, 6.07) is 5.14. The van der Waals surface area contributed by atoms with Gasteiger partial charge in [0.25, 0.3) is 0 Å². The van der Waals surface area contributed by atoms with Crippen molar-refractivity contribution in [2.24, 2.45) is 0 Å². The Morgan fingerprint density at radius 3 is 2.13 bits per heavy atom. The van der Waals surface area contributed by atoms with E-state index in [4.69, 9.17) is 10.2 Å². The Labute approximate surface area is 87.2 Å². The third-order valence-electron chi connectivity index (χ3n) is 2.24. The van der Waals surface area contributed by atoms with Gasteiger partial charge in [0.2, 0.25) is 0 Å². The second-order valence-electron chi connectivity index (χ2n) is 3.47. The highest BCUT2D eigenvalue weighted by Crippen LogP contribution is 2.21. The zero-order chi connectivity index (χ0) is 11.6. The number of hydrogen-bond donors (Lipinski definition) is 2. The largest absolute Gasteiger partial charge is 0.480 e. The van der Waals surface area contributed by atoms with Crippen LogP contribution in [0.3, 0.4) is 0 Å². The number of carbonyl (C=O) groups is 2. The van der Waals surface area contributed by atoms with Gasteiger partial charge in [-0.2, -0.15) is 0 Å². The fourth-order valence-electron chi connectivity index (χ4n) is 1.44. The van der Waals surface area contributed by atoms with Gasteiger partial charge in [0.05, 0.1) is 0 Å². The summed E-state index contributed by atoms with van der Waals surface area (Å²) in [5.74, 6) is -4.16. The van der Waals surface area contributed by atoms with Crippen molar-refractivity contribution >= 4 is 11.9 Å². The summed E-state index contributed by atoms with van der Waals surface area (Å²) in [4.78, 5) is 21.6. The standard InChI is InChI=1S/C11H12O4/c1-6-3-4-7(2)8(5-6)9(10(12)13)11(14)15/h3-5,9H,1-2H3,(H,12,13)(H,14,15). The third-order valence-corrected chi connectivity index (χ3v) is 2.24. The average molecular weight is 208 g/mol. The molecule has 0 atom stereocenters. The number of rotatable bonds is 3. The van der Waals surface area contributed by atoms with Gasteiger partial charge in [0.15, 0.2) is 5.92 Å². The first kappa shape index (κ1) is 11.2. The third kappa shape index (κ3) is 2.34. The Morgan fingerprint density at radius 2 is 1.67 bits per heavy atom. The van der Waals surface area contributed by atoms with Crippen molar-refractivity contribution in [3.05, 3.63) is 34.9 Å². The monoisotopic (exact) mass is 208 g/mol. The molecule has 80 valence electrons. The van der Waals surface area contributed by atoms with Gasteiger partial charge in [0.1, 0.15) is 0 Å². The molecule has 0 saturated carbocycles. The summed E-state index contributed by atoms with van der Waals surface area (Å²) in [7, 11) is 0. The normalized spacial score (nSPS) is 10.3. The van der Waals surface area contributed by atoms with Crippen LogP contribution in [0.25, 0.3) is 0 Å². The lowest BCUT2D eigenvalue weighted by molar-refractivity contribution is -0.150. The van der Waals surface area contributed by atoms with Gasteiger partial charge in [-0.25, -0.2) is 0 Å². The van der Waals surface area contributed by atoms with Gasteiger partial charge in [-0.3, -0.25) is 9.59 Å². The van der Waals surface area contributed by atoms with E-state index in [1.165, 1.54) is 0 Å². The van der Waals surface area contributed by atoms with Crippen molar-refractivity contribution in [1.82, 2.24) is 0 Å². The quantitative estimate of drug-likeness (QED) is 0.739. The molecule has 4 nitrogen and oxygen atoms in total. The SMILES string of the molecule is Cc1ccc(C)c(C(C(=O)O)C(=O)O)c1. The van der Waals surface area contributed by atoms with Crippen LogP contribution in [0.5, 0.6) is 0 Å². The maximum atomic E-state index is 10.8. The van der Waals surface area contributed by atoms with Crippen molar-refractivity contribution < 1.29 is 19.8 Å². The Balaban J connectivity index is 3.28. The molecule has 1 aromatic rings. The molecule has 0 aliphatic carbocycles. The van der Waals surface area contributed by atoms with Crippen LogP contribution in [0.2, 0.25) is 0 Å². The van der Waals surface area contributed by atoms with E-state index in [0.29, 0.717) is 11.1 Å². The van der Waals surface area contributed by atoms with Crippen LogP contribution >= 0.6 is 0 Å². The molecule has 0 aliphatic heterocycles. The number of aliphatic carboxylic acids is 2. The number of carboxylic acids is 2. The molecule has 1 rings (SSSR count). The predicted molar refractivity (Wildman–Crippen MR) is 53.9 cm³/mol. The van der Waals surface area contributed by atoms with Crippen LogP contribution in [0, 0.1) is 13.8 Å². The first-order valence-electron chi connectivity index (χ1n) is 4.46. The smallest absolute Gasteiger partial charge is 0.322 e. The van der Waals surface area contributed by atoms with Gasteiger partial charge in [0, 0.05) is 0 Å². The summed E-state index contributed by atoms with van der Waals surface area (Å²) in [5.41, 5.74) is 1.87. The molecule has 0 saturated heterocycles. The van der Waals surface area contributed by atoms with E-state index in [2.05, 4.69) is 0 Å². The highest BCUT2D eigenvalue weighted by molar-refractivity contribution is 5.99. The molecule has 0 unspecified atom stereocenters. The lowest BCUT2D eigenvalue weighted by Gasteiger charge is -2.11. The second-order valence-corrected chi connectivity index (χ2v) is 3.47. The van der Waals surface area contributed by atoms with Gasteiger partial charge in [-0.1, -0.05) is 23.8 Å². The second kappa shape index (κ2) is 4.13. The molecule has 0 bridgehead atoms. The fraction of sp³-hybridized carbons (Fsp3) is 0.273. The molecule has 0 aromatic heterocycles. The predicted octanol–water partition coefficient (Wildman–Crippen LogP) is 1.56. The van der Waals surface area contributed by atoms with Crippen LogP contribution < -0.4 is 0 Å². The number of carboxylic acid groups (broad SMARTS) is 2. The maximum Gasteiger partial charge on any atom is 0.322 e. The molecule has 15 heavy (non-hydrogen) atoms. The van der Waals surface area contributed by atoms with E-state index in [1.54, 1.807) is 26.0 Å². The minimum absolute atomic E-state index is 0.343. The molecule has 4 heteroatoms. The van der Waals surface area contributed by atoms with Crippen molar-refractivity contribution in [1.29, 1.82) is 0 Å². The van der Waals surface area contributed by atoms with Crippen LogP contribution in [-0.2, 0) is 9.59 Å². The van der Waals surface area contributed by atoms with Crippen LogP contribution in [0.1, 0.15) is 22.6 Å². The summed E-state index contributed by atoms with van der Waals surface area (Å²) >= 11 is 0. The summed E-state index contributed by atoms with van der Waals surface area (Å²) in [6.07, 6.45) is 0. The molecule has 2 N–H and O–H groups in total. The molecule has 0 spiro atoms. The minimum atomic E-state index is -1.48. The number of hydrogen-bond acceptors (Lipinski definition) is 2. The highest BCUT2D eigenvalue weighted by Gasteiger charge is 2.29. The fourth-order valence-corrected chi connectivity index (χ4v) is 1.44. The molecule has 0 radical (unpaired) electrons. The lowest BCUT2D eigenvalue weighted by atomic mass is 9.93. The zero-order valence-electron chi connectivity index (χ0n) is 8.52. The summed E-state index contributed by atoms with van der Waals surface area (Å²) in [5, 5.41) is 17.7. The van der Waals surface area contributed by atoms with Crippen molar-refractivity contribution in [3.63, 3.8) is 0 Å². The topological polar surface area (TPSA) is 74.6 Å². The van der Waals surface area contributed by atoms with E-state index in [0.717, 1.165) is 5.56 Å². The maximum absolute atomic E-state index is 10.8. The van der Waals surface area contributed by atoms with Crippen molar-refractivity contribution in [2.75, 3.05) is 0 Å². The van der Waals surface area contributed by atoms with E-state index >= 15 is 0 Å². The van der Waals surface area contributed by atoms with Gasteiger partial charge < -0.3 is 10.2 Å².